The van der Waals surface area contributed by atoms with Crippen LogP contribution in [-0.2, 0) is 0 Å². The highest BCUT2D eigenvalue weighted by molar-refractivity contribution is 5.39. The number of rotatable bonds is 1. The lowest BCUT2D eigenvalue weighted by atomic mass is 9.97. The summed E-state index contributed by atoms with van der Waals surface area (Å²) in [5, 5.41) is 10.5. The maximum atomic E-state index is 13.6. The van der Waals surface area contributed by atoms with Crippen molar-refractivity contribution >= 4 is 0 Å². The second kappa shape index (κ2) is 5.07. The van der Waals surface area contributed by atoms with E-state index in [2.05, 4.69) is 16.8 Å². The number of fused-ring (bicyclic) bond motifs is 1. The lowest BCUT2D eigenvalue weighted by Crippen LogP contribution is -2.53. The lowest BCUT2D eigenvalue weighted by Gasteiger charge is -2.42. The number of piperazine rings is 1. The maximum Gasteiger partial charge on any atom is 0.165 e. The number of halogens is 1. The summed E-state index contributed by atoms with van der Waals surface area (Å²) in [7, 11) is 2.09. The van der Waals surface area contributed by atoms with Crippen LogP contribution in [0.3, 0.4) is 0 Å². The van der Waals surface area contributed by atoms with Crippen LogP contribution in [0.1, 0.15) is 11.7 Å². The number of aliphatic hydroxyl groups excluding tert-OH is 1. The van der Waals surface area contributed by atoms with Crippen LogP contribution in [0.25, 0.3) is 0 Å². The van der Waals surface area contributed by atoms with E-state index in [4.69, 9.17) is 4.74 Å². The smallest absolute Gasteiger partial charge is 0.165 e. The number of para-hydroxylation sites is 1. The zero-order valence-electron chi connectivity index (χ0n) is 11.1. The number of hydrogen-bond acceptors (Lipinski definition) is 4. The summed E-state index contributed by atoms with van der Waals surface area (Å²) >= 11 is 0. The van der Waals surface area contributed by atoms with Gasteiger partial charge in [-0.2, -0.15) is 0 Å². The number of hydrogen-bond donors (Lipinski definition) is 1. The molecule has 1 N–H and O–H groups in total. The van der Waals surface area contributed by atoms with Crippen LogP contribution in [0.4, 0.5) is 4.39 Å². The van der Waals surface area contributed by atoms with Crippen LogP contribution in [0.15, 0.2) is 18.2 Å². The van der Waals surface area contributed by atoms with Gasteiger partial charge in [-0.15, -0.1) is 0 Å². The third-order valence-electron chi connectivity index (χ3n) is 4.09. The summed E-state index contributed by atoms with van der Waals surface area (Å²) in [6.07, 6.45) is -0.678. The molecule has 0 saturated carbocycles. The first kappa shape index (κ1) is 12.8. The Labute approximate surface area is 112 Å². The van der Waals surface area contributed by atoms with Crippen LogP contribution in [0, 0.1) is 5.82 Å². The standard InChI is InChI=1S/C14H19FN2O2/c1-16-5-7-17(8-6-16)12-9-19-14-10(13(12)18)3-2-4-11(14)15/h2-4,12-13,18H,5-9H2,1H3. The van der Waals surface area contributed by atoms with Gasteiger partial charge in [0.05, 0.1) is 6.04 Å². The number of benzene rings is 1. The van der Waals surface area contributed by atoms with Gasteiger partial charge in [0.25, 0.3) is 0 Å². The molecule has 1 aromatic rings. The minimum Gasteiger partial charge on any atom is -0.488 e. The Bertz CT molecular complexity index is 461. The minimum absolute atomic E-state index is 0.0806. The van der Waals surface area contributed by atoms with Crippen LogP contribution in [0.5, 0.6) is 5.75 Å². The first-order valence-electron chi connectivity index (χ1n) is 6.68. The van der Waals surface area contributed by atoms with Gasteiger partial charge in [-0.1, -0.05) is 12.1 Å². The van der Waals surface area contributed by atoms with Crippen LogP contribution in [0.2, 0.25) is 0 Å². The molecular weight excluding hydrogens is 247 g/mol. The van der Waals surface area contributed by atoms with Gasteiger partial charge < -0.3 is 14.7 Å². The summed E-state index contributed by atoms with van der Waals surface area (Å²) in [5.41, 5.74) is 0.565. The molecule has 0 amide bonds. The average Bonchev–Trinajstić information content (AvgIpc) is 2.42. The van der Waals surface area contributed by atoms with E-state index in [-0.39, 0.29) is 11.8 Å². The third-order valence-corrected chi connectivity index (χ3v) is 4.09. The molecule has 0 bridgehead atoms. The van der Waals surface area contributed by atoms with Crippen molar-refractivity contribution in [1.82, 2.24) is 9.80 Å². The Morgan fingerprint density at radius 3 is 2.74 bits per heavy atom. The topological polar surface area (TPSA) is 35.9 Å². The van der Waals surface area contributed by atoms with Gasteiger partial charge in [-0.25, -0.2) is 4.39 Å². The monoisotopic (exact) mass is 266 g/mol. The fourth-order valence-electron chi connectivity index (χ4n) is 2.84. The highest BCUT2D eigenvalue weighted by Crippen LogP contribution is 2.36. The van der Waals surface area contributed by atoms with Crippen LogP contribution in [-0.4, -0.2) is 60.8 Å². The average molecular weight is 266 g/mol. The van der Waals surface area contributed by atoms with Crippen molar-refractivity contribution in [3.8, 4) is 5.75 Å². The quantitative estimate of drug-likeness (QED) is 0.818. The second-order valence-electron chi connectivity index (χ2n) is 5.32. The summed E-state index contributed by atoms with van der Waals surface area (Å²) < 4.78 is 19.1. The summed E-state index contributed by atoms with van der Waals surface area (Å²) in [4.78, 5) is 4.50. The third kappa shape index (κ3) is 2.33. The predicted molar refractivity (Wildman–Crippen MR) is 69.7 cm³/mol. The van der Waals surface area contributed by atoms with Crippen molar-refractivity contribution in [3.63, 3.8) is 0 Å². The molecule has 0 aromatic heterocycles. The molecule has 5 heteroatoms. The van der Waals surface area contributed by atoms with E-state index in [1.807, 2.05) is 0 Å². The Kier molecular flexibility index (Phi) is 3.43. The molecule has 19 heavy (non-hydrogen) atoms. The second-order valence-corrected chi connectivity index (χ2v) is 5.32. The molecule has 0 aliphatic carbocycles. The molecule has 2 atom stereocenters. The first-order valence-corrected chi connectivity index (χ1v) is 6.68. The van der Waals surface area contributed by atoms with Crippen molar-refractivity contribution in [1.29, 1.82) is 0 Å². The molecule has 1 saturated heterocycles. The molecule has 2 aliphatic rings. The van der Waals surface area contributed by atoms with Gasteiger partial charge in [-0.05, 0) is 13.1 Å². The highest BCUT2D eigenvalue weighted by Gasteiger charge is 2.35. The van der Waals surface area contributed by atoms with E-state index < -0.39 is 11.9 Å². The molecule has 0 spiro atoms. The van der Waals surface area contributed by atoms with Gasteiger partial charge in [0.15, 0.2) is 11.6 Å². The highest BCUT2D eigenvalue weighted by atomic mass is 19.1. The van der Waals surface area contributed by atoms with Gasteiger partial charge in [0, 0.05) is 31.7 Å². The number of likely N-dealkylation sites (N-methyl/N-ethyl adjacent to an activating group) is 1. The van der Waals surface area contributed by atoms with Crippen molar-refractivity contribution in [2.45, 2.75) is 12.1 Å². The van der Waals surface area contributed by atoms with Crippen molar-refractivity contribution in [2.24, 2.45) is 0 Å². The van der Waals surface area contributed by atoms with E-state index in [1.165, 1.54) is 6.07 Å². The Morgan fingerprint density at radius 1 is 1.26 bits per heavy atom. The minimum atomic E-state index is -0.678. The normalized spacial score (nSPS) is 28.8. The fraction of sp³-hybridized carbons (Fsp3) is 0.571. The van der Waals surface area contributed by atoms with Crippen molar-refractivity contribution in [2.75, 3.05) is 39.8 Å². The van der Waals surface area contributed by atoms with Gasteiger partial charge in [0.1, 0.15) is 12.7 Å². The molecule has 1 aromatic carbocycles. The molecular formula is C14H19FN2O2. The summed E-state index contributed by atoms with van der Waals surface area (Å²) in [6.45, 7) is 4.13. The van der Waals surface area contributed by atoms with Gasteiger partial charge >= 0.3 is 0 Å². The fourth-order valence-corrected chi connectivity index (χ4v) is 2.84. The number of aliphatic hydroxyl groups is 1. The van der Waals surface area contributed by atoms with Gasteiger partial charge in [0.2, 0.25) is 0 Å². The zero-order valence-corrected chi connectivity index (χ0v) is 11.1. The molecule has 2 unspecified atom stereocenters. The van der Waals surface area contributed by atoms with E-state index in [0.29, 0.717) is 12.2 Å². The van der Waals surface area contributed by atoms with Crippen molar-refractivity contribution < 1.29 is 14.2 Å². The van der Waals surface area contributed by atoms with Gasteiger partial charge in [-0.3, -0.25) is 4.90 Å². The zero-order chi connectivity index (χ0) is 13.4. The SMILES string of the molecule is CN1CCN(C2COc3c(F)cccc3C2O)CC1. The van der Waals surface area contributed by atoms with E-state index in [1.54, 1.807) is 12.1 Å². The molecule has 3 rings (SSSR count). The molecule has 2 aliphatic heterocycles. The Hall–Kier alpha value is -1.17. The molecule has 1 fully saturated rings. The van der Waals surface area contributed by atoms with Crippen molar-refractivity contribution in [3.05, 3.63) is 29.6 Å². The summed E-state index contributed by atoms with van der Waals surface area (Å²) in [6, 6.07) is 4.64. The Balaban J connectivity index is 1.80. The maximum absolute atomic E-state index is 13.6. The molecule has 4 nitrogen and oxygen atoms in total. The number of nitrogens with zero attached hydrogens (tertiary/aromatic N) is 2. The largest absolute Gasteiger partial charge is 0.488 e. The van der Waals surface area contributed by atoms with Crippen LogP contribution >= 0.6 is 0 Å². The van der Waals surface area contributed by atoms with E-state index in [0.717, 1.165) is 26.2 Å². The van der Waals surface area contributed by atoms with E-state index >= 15 is 0 Å². The Morgan fingerprint density at radius 2 is 2.00 bits per heavy atom. The summed E-state index contributed by atoms with van der Waals surface area (Å²) in [5.74, 6) is -0.186. The molecule has 104 valence electrons. The molecule has 2 heterocycles. The van der Waals surface area contributed by atoms with Crippen LogP contribution < -0.4 is 4.74 Å². The first-order chi connectivity index (χ1) is 9.16. The molecule has 0 radical (unpaired) electrons. The predicted octanol–water partition coefficient (Wildman–Crippen LogP) is 0.867. The number of ether oxygens (including phenoxy) is 1. The van der Waals surface area contributed by atoms with E-state index in [9.17, 15) is 9.50 Å². The lowest BCUT2D eigenvalue weighted by molar-refractivity contribution is -0.0154.